The van der Waals surface area contributed by atoms with Crippen LogP contribution in [0.2, 0.25) is 0 Å². The molecule has 0 bridgehead atoms. The Morgan fingerprint density at radius 1 is 1.00 bits per heavy atom. The maximum absolute atomic E-state index is 12.2. The van der Waals surface area contributed by atoms with E-state index in [1.165, 1.54) is 0 Å². The van der Waals surface area contributed by atoms with Crippen molar-refractivity contribution >= 4 is 24.2 Å². The lowest BCUT2D eigenvalue weighted by molar-refractivity contribution is 0.0768. The van der Waals surface area contributed by atoms with Crippen LogP contribution in [0.1, 0.15) is 34.6 Å². The minimum Gasteiger partial charge on any atom is -0.340 e. The molecule has 0 aromatic heterocycles. The third-order valence-corrected chi connectivity index (χ3v) is 3.47. The molecule has 0 saturated carbocycles. The first-order chi connectivity index (χ1) is 10.0. The number of halogens is 1. The summed E-state index contributed by atoms with van der Waals surface area (Å²) in [5.41, 5.74) is 1.22. The summed E-state index contributed by atoms with van der Waals surface area (Å²) < 4.78 is 0. The number of amides is 2. The standard InChI is InChI=1S/C16H25N3O2.ClH/c1-5-19(6-2)16(21)14-9-7-13(8-10-14)15(20)18(4)12-11-17-3;/h7-10,17H,5-6,11-12H2,1-4H3;1H. The van der Waals surface area contributed by atoms with Crippen LogP contribution in [-0.4, -0.2) is 61.9 Å². The van der Waals surface area contributed by atoms with Gasteiger partial charge in [-0.2, -0.15) is 0 Å². The number of likely N-dealkylation sites (N-methyl/N-ethyl adjacent to an activating group) is 2. The molecule has 22 heavy (non-hydrogen) atoms. The molecule has 0 atom stereocenters. The van der Waals surface area contributed by atoms with E-state index in [0.29, 0.717) is 30.8 Å². The Balaban J connectivity index is 0.00000441. The third-order valence-electron chi connectivity index (χ3n) is 3.47. The van der Waals surface area contributed by atoms with Gasteiger partial charge in [-0.05, 0) is 45.2 Å². The average Bonchev–Trinajstić information content (AvgIpc) is 2.53. The maximum atomic E-state index is 12.2. The molecular formula is C16H26ClN3O2. The zero-order valence-corrected chi connectivity index (χ0v) is 14.6. The van der Waals surface area contributed by atoms with E-state index in [4.69, 9.17) is 0 Å². The van der Waals surface area contributed by atoms with Gasteiger partial charge in [-0.25, -0.2) is 0 Å². The summed E-state index contributed by atoms with van der Waals surface area (Å²) in [7, 11) is 3.63. The number of nitrogens with zero attached hydrogens (tertiary/aromatic N) is 2. The minimum absolute atomic E-state index is 0. The lowest BCUT2D eigenvalue weighted by Crippen LogP contribution is -2.33. The smallest absolute Gasteiger partial charge is 0.253 e. The normalized spacial score (nSPS) is 9.82. The fourth-order valence-electron chi connectivity index (χ4n) is 2.05. The van der Waals surface area contributed by atoms with Gasteiger partial charge < -0.3 is 15.1 Å². The molecule has 0 saturated heterocycles. The molecule has 0 unspecified atom stereocenters. The fourth-order valence-corrected chi connectivity index (χ4v) is 2.05. The third kappa shape index (κ3) is 5.31. The highest BCUT2D eigenvalue weighted by molar-refractivity contribution is 5.97. The van der Waals surface area contributed by atoms with Crippen LogP contribution < -0.4 is 5.32 Å². The molecular weight excluding hydrogens is 302 g/mol. The highest BCUT2D eigenvalue weighted by Gasteiger charge is 2.15. The van der Waals surface area contributed by atoms with Gasteiger partial charge in [0.2, 0.25) is 0 Å². The van der Waals surface area contributed by atoms with Crippen LogP contribution in [0.4, 0.5) is 0 Å². The largest absolute Gasteiger partial charge is 0.340 e. The first-order valence-electron chi connectivity index (χ1n) is 7.34. The summed E-state index contributed by atoms with van der Waals surface area (Å²) in [6.07, 6.45) is 0. The molecule has 0 heterocycles. The summed E-state index contributed by atoms with van der Waals surface area (Å²) in [6.45, 7) is 6.67. The van der Waals surface area contributed by atoms with Gasteiger partial charge in [-0.1, -0.05) is 0 Å². The van der Waals surface area contributed by atoms with Crippen molar-refractivity contribution in [3.63, 3.8) is 0 Å². The van der Waals surface area contributed by atoms with E-state index in [-0.39, 0.29) is 24.2 Å². The van der Waals surface area contributed by atoms with Crippen molar-refractivity contribution in [1.82, 2.24) is 15.1 Å². The maximum Gasteiger partial charge on any atom is 0.253 e. The molecule has 5 nitrogen and oxygen atoms in total. The van der Waals surface area contributed by atoms with Crippen LogP contribution >= 0.6 is 12.4 Å². The quantitative estimate of drug-likeness (QED) is 0.832. The molecule has 0 aliphatic carbocycles. The monoisotopic (exact) mass is 327 g/mol. The summed E-state index contributed by atoms with van der Waals surface area (Å²) in [6, 6.07) is 6.88. The van der Waals surface area contributed by atoms with E-state index in [9.17, 15) is 9.59 Å². The molecule has 1 rings (SSSR count). The van der Waals surface area contributed by atoms with E-state index in [2.05, 4.69) is 5.32 Å². The van der Waals surface area contributed by atoms with Crippen molar-refractivity contribution in [2.45, 2.75) is 13.8 Å². The fraction of sp³-hybridized carbons (Fsp3) is 0.500. The first kappa shape index (κ1) is 20.4. The van der Waals surface area contributed by atoms with Crippen molar-refractivity contribution in [2.24, 2.45) is 0 Å². The number of carbonyl (C=O) groups excluding carboxylic acids is 2. The van der Waals surface area contributed by atoms with Crippen LogP contribution in [0, 0.1) is 0 Å². The molecule has 1 aromatic rings. The van der Waals surface area contributed by atoms with Crippen LogP contribution in [0.15, 0.2) is 24.3 Å². The molecule has 0 radical (unpaired) electrons. The Bertz CT molecular complexity index is 473. The minimum atomic E-state index is -0.0351. The highest BCUT2D eigenvalue weighted by atomic mass is 35.5. The second-order valence-corrected chi connectivity index (χ2v) is 4.89. The molecule has 6 heteroatoms. The predicted octanol–water partition coefficient (Wildman–Crippen LogP) is 1.88. The van der Waals surface area contributed by atoms with Crippen LogP contribution in [-0.2, 0) is 0 Å². The van der Waals surface area contributed by atoms with E-state index in [0.717, 1.165) is 6.54 Å². The lowest BCUT2D eigenvalue weighted by atomic mass is 10.1. The number of hydrogen-bond donors (Lipinski definition) is 1. The summed E-state index contributed by atoms with van der Waals surface area (Å²) >= 11 is 0. The second kappa shape index (κ2) is 10.2. The van der Waals surface area contributed by atoms with Crippen molar-refractivity contribution in [3.8, 4) is 0 Å². The van der Waals surface area contributed by atoms with Crippen molar-refractivity contribution in [3.05, 3.63) is 35.4 Å². The number of benzene rings is 1. The Labute approximate surface area is 139 Å². The number of rotatable bonds is 7. The van der Waals surface area contributed by atoms with Crippen molar-refractivity contribution in [1.29, 1.82) is 0 Å². The van der Waals surface area contributed by atoms with Gasteiger partial charge in [0, 0.05) is 44.4 Å². The Kier molecular flexibility index (Phi) is 9.45. The Morgan fingerprint density at radius 2 is 1.45 bits per heavy atom. The number of nitrogens with one attached hydrogen (secondary N) is 1. The Hall–Kier alpha value is -1.59. The van der Waals surface area contributed by atoms with Crippen LogP contribution in [0.3, 0.4) is 0 Å². The van der Waals surface area contributed by atoms with Crippen molar-refractivity contribution in [2.75, 3.05) is 40.3 Å². The zero-order chi connectivity index (χ0) is 15.8. The first-order valence-corrected chi connectivity index (χ1v) is 7.34. The SMILES string of the molecule is CCN(CC)C(=O)c1ccc(C(=O)N(C)CCNC)cc1.Cl. The van der Waals surface area contributed by atoms with Gasteiger partial charge in [0.05, 0.1) is 0 Å². The average molecular weight is 328 g/mol. The van der Waals surface area contributed by atoms with E-state index >= 15 is 0 Å². The van der Waals surface area contributed by atoms with E-state index in [1.54, 1.807) is 41.1 Å². The zero-order valence-electron chi connectivity index (χ0n) is 13.8. The van der Waals surface area contributed by atoms with E-state index < -0.39 is 0 Å². The number of hydrogen-bond acceptors (Lipinski definition) is 3. The van der Waals surface area contributed by atoms with Crippen LogP contribution in [0.25, 0.3) is 0 Å². The van der Waals surface area contributed by atoms with Gasteiger partial charge in [-0.3, -0.25) is 9.59 Å². The molecule has 0 aliphatic heterocycles. The molecule has 1 aromatic carbocycles. The molecule has 0 fully saturated rings. The summed E-state index contributed by atoms with van der Waals surface area (Å²) in [5, 5.41) is 3.01. The van der Waals surface area contributed by atoms with Gasteiger partial charge in [0.25, 0.3) is 11.8 Å². The highest BCUT2D eigenvalue weighted by Crippen LogP contribution is 2.09. The molecule has 124 valence electrons. The molecule has 2 amide bonds. The summed E-state index contributed by atoms with van der Waals surface area (Å²) in [5.74, 6) is -0.0328. The lowest BCUT2D eigenvalue weighted by Gasteiger charge is -2.19. The second-order valence-electron chi connectivity index (χ2n) is 4.89. The van der Waals surface area contributed by atoms with Gasteiger partial charge in [0.1, 0.15) is 0 Å². The number of carbonyl (C=O) groups is 2. The van der Waals surface area contributed by atoms with Gasteiger partial charge in [-0.15, -0.1) is 12.4 Å². The summed E-state index contributed by atoms with van der Waals surface area (Å²) in [4.78, 5) is 27.8. The molecule has 1 N–H and O–H groups in total. The molecule has 0 aliphatic rings. The van der Waals surface area contributed by atoms with Crippen molar-refractivity contribution < 1.29 is 9.59 Å². The predicted molar refractivity (Wildman–Crippen MR) is 91.8 cm³/mol. The van der Waals surface area contributed by atoms with Gasteiger partial charge >= 0.3 is 0 Å². The topological polar surface area (TPSA) is 52.7 Å². The molecule has 0 spiro atoms. The van der Waals surface area contributed by atoms with E-state index in [1.807, 2.05) is 20.9 Å². The Morgan fingerprint density at radius 3 is 1.86 bits per heavy atom. The van der Waals surface area contributed by atoms with Gasteiger partial charge in [0.15, 0.2) is 0 Å². The van der Waals surface area contributed by atoms with Crippen LogP contribution in [0.5, 0.6) is 0 Å².